The molecule has 0 spiro atoms. The molecule has 2 rings (SSSR count). The number of carbonyl (C=O) groups is 1. The van der Waals surface area contributed by atoms with Gasteiger partial charge in [0, 0.05) is 11.8 Å². The molecule has 0 unspecified atom stereocenters. The predicted octanol–water partition coefficient (Wildman–Crippen LogP) is 2.81. The number of sulfonamides is 1. The third-order valence-electron chi connectivity index (χ3n) is 4.00. The summed E-state index contributed by atoms with van der Waals surface area (Å²) < 4.78 is 36.2. The summed E-state index contributed by atoms with van der Waals surface area (Å²) in [6.07, 6.45) is 1.08. The highest BCUT2D eigenvalue weighted by molar-refractivity contribution is 7.92. The lowest BCUT2D eigenvalue weighted by Crippen LogP contribution is -2.45. The Morgan fingerprint density at radius 1 is 1.07 bits per heavy atom. The van der Waals surface area contributed by atoms with Gasteiger partial charge in [-0.15, -0.1) is 0 Å². The molecule has 1 N–H and O–H groups in total. The summed E-state index contributed by atoms with van der Waals surface area (Å²) in [5.41, 5.74) is 1.81. The fourth-order valence-electron chi connectivity index (χ4n) is 2.73. The summed E-state index contributed by atoms with van der Waals surface area (Å²) in [4.78, 5) is 12.7. The van der Waals surface area contributed by atoms with Crippen LogP contribution in [0.25, 0.3) is 0 Å². The number of benzene rings is 2. The van der Waals surface area contributed by atoms with Crippen molar-refractivity contribution in [2.45, 2.75) is 19.9 Å². The molecule has 2 aromatic carbocycles. The topological polar surface area (TPSA) is 84.9 Å². The van der Waals surface area contributed by atoms with E-state index in [2.05, 4.69) is 5.32 Å². The van der Waals surface area contributed by atoms with Crippen molar-refractivity contribution in [3.63, 3.8) is 0 Å². The van der Waals surface area contributed by atoms with Crippen LogP contribution in [0.1, 0.15) is 12.5 Å². The number of ether oxygens (including phenoxy) is 2. The quantitative estimate of drug-likeness (QED) is 0.783. The number of hydrogen-bond acceptors (Lipinski definition) is 5. The molecule has 0 radical (unpaired) electrons. The molecule has 0 fully saturated rings. The number of methoxy groups -OCH3 is 2. The van der Waals surface area contributed by atoms with Gasteiger partial charge in [-0.1, -0.05) is 12.1 Å². The first-order chi connectivity index (χ1) is 12.7. The molecule has 1 amide bonds. The van der Waals surface area contributed by atoms with Gasteiger partial charge in [0.2, 0.25) is 15.9 Å². The van der Waals surface area contributed by atoms with Crippen LogP contribution < -0.4 is 19.1 Å². The van der Waals surface area contributed by atoms with Crippen molar-refractivity contribution in [2.24, 2.45) is 0 Å². The summed E-state index contributed by atoms with van der Waals surface area (Å²) in [6, 6.07) is 11.0. The van der Waals surface area contributed by atoms with Crippen molar-refractivity contribution in [1.82, 2.24) is 0 Å². The van der Waals surface area contributed by atoms with Gasteiger partial charge in [0.15, 0.2) is 11.5 Å². The first-order valence-electron chi connectivity index (χ1n) is 8.26. The molecule has 0 aliphatic carbocycles. The standard InChI is InChI=1S/C19H24N2O5S/c1-13-7-6-8-16(11-13)21(27(5,23)24)14(2)19(22)20-15-9-10-17(25-3)18(12-15)26-4/h6-12,14H,1-5H3,(H,20,22)/t14-/m1/s1. The monoisotopic (exact) mass is 392 g/mol. The third-order valence-corrected chi connectivity index (χ3v) is 5.24. The van der Waals surface area contributed by atoms with E-state index in [0.717, 1.165) is 16.1 Å². The molecule has 7 nitrogen and oxygen atoms in total. The molecular weight excluding hydrogens is 368 g/mol. The van der Waals surface area contributed by atoms with Crippen LogP contribution in [0.3, 0.4) is 0 Å². The zero-order chi connectivity index (χ0) is 20.2. The normalized spacial score (nSPS) is 12.2. The Labute approximate surface area is 160 Å². The molecule has 0 heterocycles. The number of aryl methyl sites for hydroxylation is 1. The van der Waals surface area contributed by atoms with Crippen molar-refractivity contribution >= 4 is 27.3 Å². The van der Waals surface area contributed by atoms with Gasteiger partial charge in [0.25, 0.3) is 0 Å². The van der Waals surface area contributed by atoms with Crippen LogP contribution in [0.4, 0.5) is 11.4 Å². The Bertz CT molecular complexity index is 927. The summed E-state index contributed by atoms with van der Waals surface area (Å²) in [5.74, 6) is 0.525. The smallest absolute Gasteiger partial charge is 0.247 e. The van der Waals surface area contributed by atoms with Crippen molar-refractivity contribution in [3.8, 4) is 11.5 Å². The molecule has 0 saturated carbocycles. The molecule has 1 atom stereocenters. The lowest BCUT2D eigenvalue weighted by Gasteiger charge is -2.28. The molecule has 8 heteroatoms. The summed E-state index contributed by atoms with van der Waals surface area (Å²) >= 11 is 0. The van der Waals surface area contributed by atoms with Crippen molar-refractivity contribution < 1.29 is 22.7 Å². The lowest BCUT2D eigenvalue weighted by molar-refractivity contribution is -0.116. The van der Waals surface area contributed by atoms with Crippen LogP contribution in [0.5, 0.6) is 11.5 Å². The van der Waals surface area contributed by atoms with Gasteiger partial charge in [0.1, 0.15) is 6.04 Å². The van der Waals surface area contributed by atoms with Crippen LogP contribution in [0, 0.1) is 6.92 Å². The maximum atomic E-state index is 12.7. The first kappa shape index (κ1) is 20.6. The van der Waals surface area contributed by atoms with E-state index < -0.39 is 22.0 Å². The van der Waals surface area contributed by atoms with Crippen LogP contribution >= 0.6 is 0 Å². The molecule has 0 aliphatic rings. The third kappa shape index (κ3) is 4.91. The molecule has 0 aromatic heterocycles. The van der Waals surface area contributed by atoms with Gasteiger partial charge in [-0.3, -0.25) is 9.10 Å². The van der Waals surface area contributed by atoms with E-state index in [9.17, 15) is 13.2 Å². The van der Waals surface area contributed by atoms with Crippen LogP contribution in [-0.2, 0) is 14.8 Å². The van der Waals surface area contributed by atoms with Crippen LogP contribution in [-0.4, -0.2) is 40.8 Å². The average Bonchev–Trinajstić information content (AvgIpc) is 2.60. The van der Waals surface area contributed by atoms with E-state index in [0.29, 0.717) is 22.9 Å². The van der Waals surface area contributed by atoms with E-state index in [-0.39, 0.29) is 0 Å². The number of carbonyl (C=O) groups excluding carboxylic acids is 1. The summed E-state index contributed by atoms with van der Waals surface area (Å²) in [7, 11) is -0.654. The van der Waals surface area contributed by atoms with Crippen molar-refractivity contribution in [3.05, 3.63) is 48.0 Å². The highest BCUT2D eigenvalue weighted by atomic mass is 32.2. The Balaban J connectivity index is 2.30. The van der Waals surface area contributed by atoms with Gasteiger partial charge < -0.3 is 14.8 Å². The number of hydrogen-bond donors (Lipinski definition) is 1. The van der Waals surface area contributed by atoms with Crippen LogP contribution in [0.2, 0.25) is 0 Å². The molecule has 2 aromatic rings. The number of nitrogens with one attached hydrogen (secondary N) is 1. The molecule has 0 bridgehead atoms. The Hall–Kier alpha value is -2.74. The van der Waals surface area contributed by atoms with E-state index in [4.69, 9.17) is 9.47 Å². The number of amides is 1. The SMILES string of the molecule is COc1ccc(NC(=O)[C@@H](C)N(c2cccc(C)c2)S(C)(=O)=O)cc1OC. The predicted molar refractivity (Wildman–Crippen MR) is 106 cm³/mol. The number of rotatable bonds is 7. The molecule has 27 heavy (non-hydrogen) atoms. The Morgan fingerprint density at radius 2 is 1.74 bits per heavy atom. The van der Waals surface area contributed by atoms with Gasteiger partial charge in [0.05, 0.1) is 26.2 Å². The molecule has 0 saturated heterocycles. The first-order valence-corrected chi connectivity index (χ1v) is 10.1. The zero-order valence-corrected chi connectivity index (χ0v) is 16.8. The minimum absolute atomic E-state index is 0.437. The average molecular weight is 392 g/mol. The van der Waals surface area contributed by atoms with Crippen LogP contribution in [0.15, 0.2) is 42.5 Å². The fraction of sp³-hybridized carbons (Fsp3) is 0.316. The Morgan fingerprint density at radius 3 is 2.30 bits per heavy atom. The maximum absolute atomic E-state index is 12.7. The second-order valence-electron chi connectivity index (χ2n) is 6.13. The van der Waals surface area contributed by atoms with E-state index >= 15 is 0 Å². The Kier molecular flexibility index (Phi) is 6.32. The van der Waals surface area contributed by atoms with Crippen molar-refractivity contribution in [1.29, 1.82) is 0 Å². The zero-order valence-electron chi connectivity index (χ0n) is 16.0. The number of anilines is 2. The molecule has 0 aliphatic heterocycles. The molecule has 146 valence electrons. The largest absolute Gasteiger partial charge is 0.493 e. The van der Waals surface area contributed by atoms with Crippen molar-refractivity contribution in [2.75, 3.05) is 30.1 Å². The fourth-order valence-corrected chi connectivity index (χ4v) is 3.90. The summed E-state index contributed by atoms with van der Waals surface area (Å²) in [5, 5.41) is 2.72. The summed E-state index contributed by atoms with van der Waals surface area (Å²) in [6.45, 7) is 3.40. The lowest BCUT2D eigenvalue weighted by atomic mass is 10.2. The second-order valence-corrected chi connectivity index (χ2v) is 7.99. The van der Waals surface area contributed by atoms with E-state index in [1.54, 1.807) is 43.3 Å². The van der Waals surface area contributed by atoms with E-state index in [1.807, 2.05) is 13.0 Å². The minimum atomic E-state index is -3.67. The highest BCUT2D eigenvalue weighted by Gasteiger charge is 2.29. The second kappa shape index (κ2) is 8.30. The minimum Gasteiger partial charge on any atom is -0.493 e. The van der Waals surface area contributed by atoms with Gasteiger partial charge >= 0.3 is 0 Å². The highest BCUT2D eigenvalue weighted by Crippen LogP contribution is 2.30. The van der Waals surface area contributed by atoms with Gasteiger partial charge in [-0.05, 0) is 43.7 Å². The number of nitrogens with zero attached hydrogens (tertiary/aromatic N) is 1. The van der Waals surface area contributed by atoms with Gasteiger partial charge in [-0.25, -0.2) is 8.42 Å². The molecular formula is C19H24N2O5S. The van der Waals surface area contributed by atoms with E-state index in [1.165, 1.54) is 14.2 Å². The maximum Gasteiger partial charge on any atom is 0.247 e. The van der Waals surface area contributed by atoms with Gasteiger partial charge in [-0.2, -0.15) is 0 Å².